The predicted molar refractivity (Wildman–Crippen MR) is 129 cm³/mol. The van der Waals surface area contributed by atoms with E-state index >= 15 is 0 Å². The highest BCUT2D eigenvalue weighted by molar-refractivity contribution is 6.30. The molecule has 3 rings (SSSR count). The molecule has 0 radical (unpaired) electrons. The molecule has 0 heterocycles. The molecular formula is C25H23ClFN3O5. The topological polar surface area (TPSA) is 98.2 Å². The molecular weight excluding hydrogens is 477 g/mol. The number of rotatable bonds is 11. The van der Waals surface area contributed by atoms with Crippen LogP contribution in [0.1, 0.15) is 11.1 Å². The molecule has 2 N–H and O–H groups in total. The summed E-state index contributed by atoms with van der Waals surface area (Å²) in [6.07, 6.45) is 1.43. The Bertz CT molecular complexity index is 1170. The second-order valence-electron chi connectivity index (χ2n) is 7.14. The Hall–Kier alpha value is -4.11. The molecule has 0 fully saturated rings. The number of nitrogens with zero attached hydrogens (tertiary/aromatic N) is 1. The van der Waals surface area contributed by atoms with Crippen molar-refractivity contribution in [1.29, 1.82) is 0 Å². The minimum absolute atomic E-state index is 0.243. The maximum atomic E-state index is 13.0. The molecule has 0 aromatic heterocycles. The average Bonchev–Trinajstić information content (AvgIpc) is 2.87. The van der Waals surface area contributed by atoms with Gasteiger partial charge in [-0.05, 0) is 65.7 Å². The number of hydrogen-bond acceptors (Lipinski definition) is 6. The van der Waals surface area contributed by atoms with E-state index in [1.807, 2.05) is 0 Å². The quantitative estimate of drug-likeness (QED) is 0.309. The van der Waals surface area contributed by atoms with Gasteiger partial charge in [0.15, 0.2) is 18.1 Å². The van der Waals surface area contributed by atoms with Gasteiger partial charge in [0.25, 0.3) is 11.8 Å². The molecule has 10 heteroatoms. The summed E-state index contributed by atoms with van der Waals surface area (Å²) in [6, 6.07) is 17.7. The number of halogens is 2. The van der Waals surface area contributed by atoms with Crippen LogP contribution in [0.25, 0.3) is 0 Å². The fourth-order valence-corrected chi connectivity index (χ4v) is 2.88. The molecule has 0 bridgehead atoms. The Kier molecular flexibility index (Phi) is 9.44. The Morgan fingerprint density at radius 1 is 0.971 bits per heavy atom. The van der Waals surface area contributed by atoms with Crippen LogP contribution in [0, 0.1) is 5.82 Å². The fourth-order valence-electron chi connectivity index (χ4n) is 2.75. The maximum Gasteiger partial charge on any atom is 0.259 e. The van der Waals surface area contributed by atoms with Crippen molar-refractivity contribution in [1.82, 2.24) is 10.7 Å². The normalized spacial score (nSPS) is 10.6. The third-order valence-electron chi connectivity index (χ3n) is 4.53. The minimum atomic E-state index is -0.507. The average molecular weight is 500 g/mol. The molecule has 0 saturated carbocycles. The van der Waals surface area contributed by atoms with Crippen LogP contribution < -0.4 is 25.0 Å². The van der Waals surface area contributed by atoms with Crippen molar-refractivity contribution in [2.24, 2.45) is 5.10 Å². The van der Waals surface area contributed by atoms with Gasteiger partial charge in [-0.3, -0.25) is 9.59 Å². The summed E-state index contributed by atoms with van der Waals surface area (Å²) in [7, 11) is 1.50. The van der Waals surface area contributed by atoms with E-state index in [1.54, 1.807) is 54.6 Å². The van der Waals surface area contributed by atoms with Gasteiger partial charge in [0.05, 0.1) is 19.9 Å². The summed E-state index contributed by atoms with van der Waals surface area (Å²) in [5, 5.41) is 6.87. The zero-order valence-corrected chi connectivity index (χ0v) is 19.5. The first-order valence-electron chi connectivity index (χ1n) is 10.4. The van der Waals surface area contributed by atoms with Crippen LogP contribution in [0.4, 0.5) is 4.39 Å². The summed E-state index contributed by atoms with van der Waals surface area (Å²) >= 11 is 5.79. The third kappa shape index (κ3) is 8.63. The van der Waals surface area contributed by atoms with Crippen molar-refractivity contribution in [3.8, 4) is 17.2 Å². The highest BCUT2D eigenvalue weighted by Crippen LogP contribution is 2.28. The highest BCUT2D eigenvalue weighted by Gasteiger charge is 2.08. The Balaban J connectivity index is 1.42. The molecule has 0 atom stereocenters. The number of hydrogen-bond donors (Lipinski definition) is 2. The molecule has 8 nitrogen and oxygen atoms in total. The number of amides is 2. The smallest absolute Gasteiger partial charge is 0.259 e. The van der Waals surface area contributed by atoms with E-state index in [-0.39, 0.29) is 25.6 Å². The fraction of sp³-hybridized carbons (Fsp3) is 0.160. The van der Waals surface area contributed by atoms with Crippen LogP contribution in [-0.2, 0) is 16.2 Å². The summed E-state index contributed by atoms with van der Waals surface area (Å²) in [4.78, 5) is 23.7. The maximum absolute atomic E-state index is 13.0. The summed E-state index contributed by atoms with van der Waals surface area (Å²) < 4.78 is 29.4. The summed E-state index contributed by atoms with van der Waals surface area (Å²) in [5.74, 6) is 0.178. The van der Waals surface area contributed by atoms with Gasteiger partial charge >= 0.3 is 0 Å². The summed E-state index contributed by atoms with van der Waals surface area (Å²) in [5.41, 5.74) is 3.79. The molecule has 35 heavy (non-hydrogen) atoms. The van der Waals surface area contributed by atoms with Gasteiger partial charge < -0.3 is 19.5 Å². The second-order valence-corrected chi connectivity index (χ2v) is 7.57. The molecule has 0 aliphatic rings. The number of hydrazone groups is 1. The first-order valence-corrected chi connectivity index (χ1v) is 10.8. The van der Waals surface area contributed by atoms with Crippen molar-refractivity contribution in [2.45, 2.75) is 6.61 Å². The van der Waals surface area contributed by atoms with Gasteiger partial charge in [0.2, 0.25) is 0 Å². The van der Waals surface area contributed by atoms with Crippen LogP contribution in [0.5, 0.6) is 17.2 Å². The zero-order valence-electron chi connectivity index (χ0n) is 18.8. The number of nitrogens with one attached hydrogen (secondary N) is 2. The van der Waals surface area contributed by atoms with E-state index in [2.05, 4.69) is 15.8 Å². The first kappa shape index (κ1) is 25.5. The number of carbonyl (C=O) groups is 2. The first-order chi connectivity index (χ1) is 16.9. The molecule has 0 aliphatic carbocycles. The van der Waals surface area contributed by atoms with Crippen LogP contribution in [0.3, 0.4) is 0 Å². The Morgan fingerprint density at radius 2 is 1.71 bits per heavy atom. The van der Waals surface area contributed by atoms with E-state index in [0.717, 1.165) is 5.56 Å². The highest BCUT2D eigenvalue weighted by atomic mass is 35.5. The molecule has 0 spiro atoms. The Labute approximate surface area is 206 Å². The van der Waals surface area contributed by atoms with Gasteiger partial charge in [-0.15, -0.1) is 0 Å². The van der Waals surface area contributed by atoms with Gasteiger partial charge in [0.1, 0.15) is 18.2 Å². The monoisotopic (exact) mass is 499 g/mol. The van der Waals surface area contributed by atoms with Gasteiger partial charge in [-0.1, -0.05) is 23.7 Å². The van der Waals surface area contributed by atoms with E-state index in [4.69, 9.17) is 25.8 Å². The lowest BCUT2D eigenvalue weighted by molar-refractivity contribution is -0.127. The number of methoxy groups -OCH3 is 1. The predicted octanol–water partition coefficient (Wildman–Crippen LogP) is 3.71. The lowest BCUT2D eigenvalue weighted by Gasteiger charge is -2.11. The third-order valence-corrected chi connectivity index (χ3v) is 4.78. The van der Waals surface area contributed by atoms with Crippen molar-refractivity contribution < 1.29 is 28.2 Å². The molecule has 0 unspecified atom stereocenters. The van der Waals surface area contributed by atoms with E-state index in [9.17, 15) is 14.0 Å². The van der Waals surface area contributed by atoms with Crippen molar-refractivity contribution in [3.63, 3.8) is 0 Å². The molecule has 2 amide bonds. The minimum Gasteiger partial charge on any atom is -0.493 e. The van der Waals surface area contributed by atoms with Gasteiger partial charge in [-0.2, -0.15) is 5.10 Å². The number of ether oxygens (including phenoxy) is 3. The van der Waals surface area contributed by atoms with Gasteiger partial charge in [0, 0.05) is 5.02 Å². The lowest BCUT2D eigenvalue weighted by Crippen LogP contribution is -2.37. The molecule has 0 aliphatic heterocycles. The largest absolute Gasteiger partial charge is 0.493 e. The van der Waals surface area contributed by atoms with Crippen molar-refractivity contribution >= 4 is 29.6 Å². The van der Waals surface area contributed by atoms with Crippen LogP contribution in [0.2, 0.25) is 5.02 Å². The number of benzene rings is 3. The van der Waals surface area contributed by atoms with Crippen LogP contribution in [-0.4, -0.2) is 38.3 Å². The standard InChI is InChI=1S/C25H23ClFN3O5/c1-33-23-12-18(4-11-22(23)35-15-17-2-7-20(27)8-3-17)13-29-30-24(31)14-28-25(32)16-34-21-9-5-19(26)6-10-21/h2-13H,14-16H2,1H3,(H,28,32)(H,30,31)/b29-13-. The Morgan fingerprint density at radius 3 is 2.43 bits per heavy atom. The van der Waals surface area contributed by atoms with Crippen molar-refractivity contribution in [2.75, 3.05) is 20.3 Å². The second kappa shape index (κ2) is 13.0. The zero-order chi connectivity index (χ0) is 25.0. The van der Waals surface area contributed by atoms with E-state index < -0.39 is 11.8 Å². The molecule has 3 aromatic rings. The number of carbonyl (C=O) groups excluding carboxylic acids is 2. The van der Waals surface area contributed by atoms with E-state index in [1.165, 1.54) is 25.5 Å². The summed E-state index contributed by atoms with van der Waals surface area (Å²) in [6.45, 7) is -0.260. The van der Waals surface area contributed by atoms with Crippen LogP contribution >= 0.6 is 11.6 Å². The van der Waals surface area contributed by atoms with Gasteiger partial charge in [-0.25, -0.2) is 9.82 Å². The molecule has 3 aromatic carbocycles. The SMILES string of the molecule is COc1cc(/C=N\NC(=O)CNC(=O)COc2ccc(Cl)cc2)ccc1OCc1ccc(F)cc1. The van der Waals surface area contributed by atoms with Crippen molar-refractivity contribution in [3.05, 3.63) is 88.7 Å². The molecule has 0 saturated heterocycles. The lowest BCUT2D eigenvalue weighted by atomic mass is 10.2. The molecule has 182 valence electrons. The van der Waals surface area contributed by atoms with Crippen LogP contribution in [0.15, 0.2) is 71.8 Å². The van der Waals surface area contributed by atoms with E-state index in [0.29, 0.717) is 27.8 Å².